The number of benzene rings is 1. The highest BCUT2D eigenvalue weighted by atomic mass is 79.9. The molecule has 0 aliphatic carbocycles. The summed E-state index contributed by atoms with van der Waals surface area (Å²) >= 11 is 3.19. The second-order valence-corrected chi connectivity index (χ2v) is 7.24. The van der Waals surface area contributed by atoms with Crippen LogP contribution in [0.5, 0.6) is 5.75 Å². The van der Waals surface area contributed by atoms with E-state index in [-0.39, 0.29) is 17.9 Å². The lowest BCUT2D eigenvalue weighted by Gasteiger charge is -2.20. The molecular formula is C18H21BrN2O3. The number of amides is 1. The van der Waals surface area contributed by atoms with E-state index in [0.29, 0.717) is 16.2 Å². The maximum atomic E-state index is 11.8. The molecule has 1 N–H and O–H groups in total. The fourth-order valence-electron chi connectivity index (χ4n) is 2.02. The number of aryl methyl sites for hydroxylation is 1. The molecule has 0 saturated heterocycles. The van der Waals surface area contributed by atoms with Crippen molar-refractivity contribution in [2.24, 2.45) is 5.10 Å². The minimum absolute atomic E-state index is 0.0796. The van der Waals surface area contributed by atoms with Gasteiger partial charge in [0, 0.05) is 0 Å². The molecule has 1 aromatic heterocycles. The molecule has 0 atom stereocenters. The highest BCUT2D eigenvalue weighted by molar-refractivity contribution is 9.10. The standard InChI is InChI=1S/C18H21BrN2O3/c1-12-9-13(18(2,3)4)5-7-15(12)23-11-17(22)21-20-10-14-6-8-16(19)24-14/h5-10H,11H2,1-4H3,(H,21,22)/b20-10+. The highest BCUT2D eigenvalue weighted by Gasteiger charge is 2.15. The average molecular weight is 393 g/mol. The molecule has 6 heteroatoms. The predicted molar refractivity (Wildman–Crippen MR) is 97.5 cm³/mol. The average Bonchev–Trinajstić information content (AvgIpc) is 2.90. The molecule has 0 saturated carbocycles. The zero-order valence-corrected chi connectivity index (χ0v) is 15.8. The third-order valence-electron chi connectivity index (χ3n) is 3.37. The van der Waals surface area contributed by atoms with Gasteiger partial charge in [0.25, 0.3) is 5.91 Å². The zero-order valence-electron chi connectivity index (χ0n) is 14.2. The monoisotopic (exact) mass is 392 g/mol. The Balaban J connectivity index is 1.86. The molecule has 0 aliphatic heterocycles. The van der Waals surface area contributed by atoms with E-state index in [1.54, 1.807) is 12.1 Å². The molecule has 0 aliphatic rings. The first-order valence-corrected chi connectivity index (χ1v) is 8.36. The van der Waals surface area contributed by atoms with Gasteiger partial charge in [-0.25, -0.2) is 5.43 Å². The first-order chi connectivity index (χ1) is 11.3. The van der Waals surface area contributed by atoms with E-state index in [4.69, 9.17) is 9.15 Å². The lowest BCUT2D eigenvalue weighted by molar-refractivity contribution is -0.123. The van der Waals surface area contributed by atoms with Crippen molar-refractivity contribution in [2.45, 2.75) is 33.1 Å². The molecule has 24 heavy (non-hydrogen) atoms. The zero-order chi connectivity index (χ0) is 17.7. The van der Waals surface area contributed by atoms with Crippen LogP contribution in [0.1, 0.15) is 37.7 Å². The summed E-state index contributed by atoms with van der Waals surface area (Å²) in [6.07, 6.45) is 1.42. The molecule has 0 bridgehead atoms. The van der Waals surface area contributed by atoms with Crippen LogP contribution in [0.25, 0.3) is 0 Å². The van der Waals surface area contributed by atoms with Gasteiger partial charge in [-0.2, -0.15) is 5.10 Å². The van der Waals surface area contributed by atoms with Crippen LogP contribution in [0.15, 0.2) is 44.5 Å². The van der Waals surface area contributed by atoms with Crippen LogP contribution in [0.2, 0.25) is 0 Å². The van der Waals surface area contributed by atoms with Crippen LogP contribution in [0, 0.1) is 6.92 Å². The Morgan fingerprint density at radius 2 is 2.08 bits per heavy atom. The highest BCUT2D eigenvalue weighted by Crippen LogP contribution is 2.27. The number of halogens is 1. The fourth-order valence-corrected chi connectivity index (χ4v) is 2.34. The summed E-state index contributed by atoms with van der Waals surface area (Å²) in [5, 5.41) is 3.82. The van der Waals surface area contributed by atoms with Crippen molar-refractivity contribution in [3.05, 3.63) is 51.9 Å². The topological polar surface area (TPSA) is 63.8 Å². The van der Waals surface area contributed by atoms with Crippen molar-refractivity contribution in [3.63, 3.8) is 0 Å². The van der Waals surface area contributed by atoms with Crippen LogP contribution in [0.4, 0.5) is 0 Å². The van der Waals surface area contributed by atoms with Gasteiger partial charge < -0.3 is 9.15 Å². The van der Waals surface area contributed by atoms with Crippen molar-refractivity contribution in [2.75, 3.05) is 6.61 Å². The number of carbonyl (C=O) groups excluding carboxylic acids is 1. The van der Waals surface area contributed by atoms with Gasteiger partial charge in [0.15, 0.2) is 11.3 Å². The van der Waals surface area contributed by atoms with Gasteiger partial charge in [0.2, 0.25) is 0 Å². The largest absolute Gasteiger partial charge is 0.483 e. The second-order valence-electron chi connectivity index (χ2n) is 6.45. The fraction of sp³-hybridized carbons (Fsp3) is 0.333. The Kier molecular flexibility index (Phi) is 5.83. The number of hydrogen-bond donors (Lipinski definition) is 1. The second kappa shape index (κ2) is 7.66. The molecule has 2 rings (SSSR count). The molecule has 0 unspecified atom stereocenters. The molecule has 0 spiro atoms. The van der Waals surface area contributed by atoms with E-state index in [2.05, 4.69) is 53.3 Å². The normalized spacial score (nSPS) is 11.7. The number of rotatable bonds is 5. The van der Waals surface area contributed by atoms with E-state index >= 15 is 0 Å². The number of furan rings is 1. The summed E-state index contributed by atoms with van der Waals surface area (Å²) in [5.41, 5.74) is 4.70. The van der Waals surface area contributed by atoms with E-state index in [0.717, 1.165) is 5.56 Å². The minimum Gasteiger partial charge on any atom is -0.483 e. The lowest BCUT2D eigenvalue weighted by atomic mass is 9.86. The summed E-state index contributed by atoms with van der Waals surface area (Å²) < 4.78 is 11.4. The van der Waals surface area contributed by atoms with Crippen LogP contribution >= 0.6 is 15.9 Å². The molecule has 0 radical (unpaired) electrons. The van der Waals surface area contributed by atoms with Gasteiger partial charge >= 0.3 is 0 Å². The van der Waals surface area contributed by atoms with E-state index in [1.807, 2.05) is 19.1 Å². The van der Waals surface area contributed by atoms with Gasteiger partial charge in [-0.05, 0) is 57.6 Å². The maximum Gasteiger partial charge on any atom is 0.277 e. The smallest absolute Gasteiger partial charge is 0.277 e. The summed E-state index contributed by atoms with van der Waals surface area (Å²) in [5.74, 6) is 0.893. The Hall–Kier alpha value is -2.08. The quantitative estimate of drug-likeness (QED) is 0.613. The van der Waals surface area contributed by atoms with Gasteiger partial charge in [0.05, 0.1) is 6.21 Å². The van der Waals surface area contributed by atoms with Crippen LogP contribution < -0.4 is 10.2 Å². The Bertz CT molecular complexity index is 745. The number of nitrogens with zero attached hydrogens (tertiary/aromatic N) is 1. The van der Waals surface area contributed by atoms with Crippen molar-refractivity contribution in [3.8, 4) is 5.75 Å². The minimum atomic E-state index is -0.337. The van der Waals surface area contributed by atoms with E-state index < -0.39 is 0 Å². The Morgan fingerprint density at radius 3 is 2.67 bits per heavy atom. The van der Waals surface area contributed by atoms with Crippen molar-refractivity contribution in [1.82, 2.24) is 5.43 Å². The first-order valence-electron chi connectivity index (χ1n) is 7.57. The van der Waals surface area contributed by atoms with Crippen LogP contribution in [-0.4, -0.2) is 18.7 Å². The third-order valence-corrected chi connectivity index (χ3v) is 3.80. The summed E-state index contributed by atoms with van der Waals surface area (Å²) in [4.78, 5) is 11.8. The first kappa shape index (κ1) is 18.3. The molecule has 1 aromatic carbocycles. The number of hydrazone groups is 1. The van der Waals surface area contributed by atoms with Crippen molar-refractivity contribution < 1.29 is 13.9 Å². The van der Waals surface area contributed by atoms with Gasteiger partial charge in [-0.3, -0.25) is 4.79 Å². The lowest BCUT2D eigenvalue weighted by Crippen LogP contribution is -2.24. The SMILES string of the molecule is Cc1cc(C(C)(C)C)ccc1OCC(=O)N/N=C/c1ccc(Br)o1. The molecule has 1 amide bonds. The van der Waals surface area contributed by atoms with Gasteiger partial charge in [0.1, 0.15) is 11.5 Å². The van der Waals surface area contributed by atoms with Gasteiger partial charge in [-0.15, -0.1) is 0 Å². The van der Waals surface area contributed by atoms with Crippen LogP contribution in [-0.2, 0) is 10.2 Å². The van der Waals surface area contributed by atoms with E-state index in [1.165, 1.54) is 11.8 Å². The van der Waals surface area contributed by atoms with Crippen molar-refractivity contribution in [1.29, 1.82) is 0 Å². The summed E-state index contributed by atoms with van der Waals surface area (Å²) in [7, 11) is 0. The predicted octanol–water partition coefficient (Wildman–Crippen LogP) is 4.18. The number of ether oxygens (including phenoxy) is 1. The maximum absolute atomic E-state index is 11.8. The molecule has 0 fully saturated rings. The van der Waals surface area contributed by atoms with E-state index in [9.17, 15) is 4.79 Å². The molecular weight excluding hydrogens is 372 g/mol. The Labute approximate surface area is 150 Å². The summed E-state index contributed by atoms with van der Waals surface area (Å²) in [6, 6.07) is 9.48. The van der Waals surface area contributed by atoms with Crippen LogP contribution in [0.3, 0.4) is 0 Å². The Morgan fingerprint density at radius 1 is 1.33 bits per heavy atom. The number of carbonyl (C=O) groups is 1. The third kappa shape index (κ3) is 5.23. The summed E-state index contributed by atoms with van der Waals surface area (Å²) in [6.45, 7) is 8.34. The van der Waals surface area contributed by atoms with Crippen molar-refractivity contribution >= 4 is 28.1 Å². The molecule has 2 aromatic rings. The van der Waals surface area contributed by atoms with Gasteiger partial charge in [-0.1, -0.05) is 32.9 Å². The molecule has 5 nitrogen and oxygen atoms in total. The number of nitrogens with one attached hydrogen (secondary N) is 1. The molecule has 1 heterocycles. The number of hydrogen-bond acceptors (Lipinski definition) is 4. The molecule has 128 valence electrons.